The highest BCUT2D eigenvalue weighted by molar-refractivity contribution is 5.80. The predicted octanol–water partition coefficient (Wildman–Crippen LogP) is 3.53. The molecule has 0 atom stereocenters. The molecule has 6 nitrogen and oxygen atoms in total. The summed E-state index contributed by atoms with van der Waals surface area (Å²) in [7, 11) is 1.92. The Morgan fingerprint density at radius 2 is 2.00 bits per heavy atom. The van der Waals surface area contributed by atoms with E-state index in [1.165, 1.54) is 0 Å². The van der Waals surface area contributed by atoms with Gasteiger partial charge in [0.1, 0.15) is 5.75 Å². The molecule has 0 aliphatic heterocycles. The van der Waals surface area contributed by atoms with Crippen LogP contribution >= 0.6 is 0 Å². The summed E-state index contributed by atoms with van der Waals surface area (Å²) in [5, 5.41) is 11.1. The van der Waals surface area contributed by atoms with Gasteiger partial charge in [-0.1, -0.05) is 0 Å². The summed E-state index contributed by atoms with van der Waals surface area (Å²) >= 11 is 0. The molecule has 0 fully saturated rings. The molecule has 25 heavy (non-hydrogen) atoms. The first-order valence-electron chi connectivity index (χ1n) is 7.99. The third-order valence-electron chi connectivity index (χ3n) is 3.86. The highest BCUT2D eigenvalue weighted by Gasteiger charge is 2.04. The van der Waals surface area contributed by atoms with Crippen LogP contribution in [0.15, 0.2) is 61.1 Å². The number of hydrogen-bond acceptors (Lipinski definition) is 5. The number of ether oxygens (including phenoxy) is 1. The minimum atomic E-state index is 0.536. The average Bonchev–Trinajstić information content (AvgIpc) is 3.17. The summed E-state index contributed by atoms with van der Waals surface area (Å²) in [4.78, 5) is 8.85. The van der Waals surface area contributed by atoms with Crippen molar-refractivity contribution < 1.29 is 4.74 Å². The molecule has 3 aromatic heterocycles. The van der Waals surface area contributed by atoms with Crippen molar-refractivity contribution in [3.8, 4) is 22.9 Å². The van der Waals surface area contributed by atoms with Gasteiger partial charge < -0.3 is 10.1 Å². The van der Waals surface area contributed by atoms with E-state index in [0.29, 0.717) is 11.6 Å². The fourth-order valence-corrected chi connectivity index (χ4v) is 2.65. The molecule has 2 N–H and O–H groups in total. The SMILES string of the molecule is CNCc1cnc2cc(Oc3ccc(-c4ccn[nH]4)cn3)ccc2c1. The van der Waals surface area contributed by atoms with Gasteiger partial charge in [0.05, 0.1) is 11.2 Å². The molecule has 124 valence electrons. The lowest BCUT2D eigenvalue weighted by Gasteiger charge is -2.07. The predicted molar refractivity (Wildman–Crippen MR) is 96.4 cm³/mol. The Hall–Kier alpha value is -3.25. The first kappa shape index (κ1) is 15.3. The second-order valence-corrected chi connectivity index (χ2v) is 5.69. The molecule has 4 aromatic rings. The summed E-state index contributed by atoms with van der Waals surface area (Å²) in [6.07, 6.45) is 5.34. The summed E-state index contributed by atoms with van der Waals surface area (Å²) in [5.41, 5.74) is 3.93. The van der Waals surface area contributed by atoms with Gasteiger partial charge in [-0.15, -0.1) is 0 Å². The van der Waals surface area contributed by atoms with Gasteiger partial charge in [0.25, 0.3) is 0 Å². The van der Waals surface area contributed by atoms with Crippen molar-refractivity contribution >= 4 is 10.9 Å². The Labute approximate surface area is 144 Å². The Morgan fingerprint density at radius 3 is 2.76 bits per heavy atom. The number of nitrogens with one attached hydrogen (secondary N) is 2. The maximum absolute atomic E-state index is 5.85. The second-order valence-electron chi connectivity index (χ2n) is 5.69. The average molecular weight is 331 g/mol. The van der Waals surface area contributed by atoms with Crippen molar-refractivity contribution in [2.45, 2.75) is 6.54 Å². The van der Waals surface area contributed by atoms with Crippen molar-refractivity contribution in [1.29, 1.82) is 0 Å². The number of rotatable bonds is 5. The van der Waals surface area contributed by atoms with Crippen LogP contribution in [0, 0.1) is 0 Å². The first-order valence-corrected chi connectivity index (χ1v) is 7.99. The van der Waals surface area contributed by atoms with Crippen molar-refractivity contribution in [2.75, 3.05) is 7.05 Å². The molecule has 0 saturated carbocycles. The van der Waals surface area contributed by atoms with Gasteiger partial charge in [-0.2, -0.15) is 5.10 Å². The van der Waals surface area contributed by atoms with Gasteiger partial charge >= 0.3 is 0 Å². The molecule has 6 heteroatoms. The third kappa shape index (κ3) is 3.34. The molecule has 0 aliphatic carbocycles. The van der Waals surface area contributed by atoms with Crippen LogP contribution in [-0.2, 0) is 6.54 Å². The van der Waals surface area contributed by atoms with E-state index in [1.54, 1.807) is 12.4 Å². The Balaban J connectivity index is 1.55. The quantitative estimate of drug-likeness (QED) is 0.585. The number of H-pyrrole nitrogens is 1. The van der Waals surface area contributed by atoms with Gasteiger partial charge in [0, 0.05) is 48.2 Å². The van der Waals surface area contributed by atoms with Crippen molar-refractivity contribution in [3.63, 3.8) is 0 Å². The van der Waals surface area contributed by atoms with Crippen LogP contribution in [0.25, 0.3) is 22.2 Å². The van der Waals surface area contributed by atoms with E-state index in [2.05, 4.69) is 31.5 Å². The molecule has 0 bridgehead atoms. The first-order chi connectivity index (χ1) is 12.3. The second kappa shape index (κ2) is 6.70. The zero-order chi connectivity index (χ0) is 17.1. The largest absolute Gasteiger partial charge is 0.439 e. The molecular weight excluding hydrogens is 314 g/mol. The minimum Gasteiger partial charge on any atom is -0.439 e. The van der Waals surface area contributed by atoms with Crippen molar-refractivity contribution in [1.82, 2.24) is 25.5 Å². The van der Waals surface area contributed by atoms with Crippen molar-refractivity contribution in [3.05, 3.63) is 66.6 Å². The fourth-order valence-electron chi connectivity index (χ4n) is 2.65. The third-order valence-corrected chi connectivity index (χ3v) is 3.86. The van der Waals surface area contributed by atoms with E-state index in [1.807, 2.05) is 49.6 Å². The summed E-state index contributed by atoms with van der Waals surface area (Å²) in [6.45, 7) is 0.799. The summed E-state index contributed by atoms with van der Waals surface area (Å²) in [6, 6.07) is 13.7. The van der Waals surface area contributed by atoms with Gasteiger partial charge in [0.2, 0.25) is 5.88 Å². The van der Waals surface area contributed by atoms with E-state index in [-0.39, 0.29) is 0 Å². The number of aromatic amines is 1. The van der Waals surface area contributed by atoms with Crippen LogP contribution in [0.4, 0.5) is 0 Å². The molecular formula is C19H17N5O. The molecule has 4 rings (SSSR count). The molecule has 0 unspecified atom stereocenters. The molecule has 1 aromatic carbocycles. The highest BCUT2D eigenvalue weighted by atomic mass is 16.5. The number of pyridine rings is 2. The van der Waals surface area contributed by atoms with Gasteiger partial charge in [-0.25, -0.2) is 4.98 Å². The van der Waals surface area contributed by atoms with Crippen LogP contribution in [0.3, 0.4) is 0 Å². The van der Waals surface area contributed by atoms with Gasteiger partial charge in [-0.05, 0) is 42.9 Å². The van der Waals surface area contributed by atoms with Crippen LogP contribution in [0.1, 0.15) is 5.56 Å². The highest BCUT2D eigenvalue weighted by Crippen LogP contribution is 2.25. The topological polar surface area (TPSA) is 75.7 Å². The molecule has 0 aliphatic rings. The number of nitrogens with zero attached hydrogens (tertiary/aromatic N) is 3. The molecule has 0 radical (unpaired) electrons. The molecule has 0 saturated heterocycles. The maximum atomic E-state index is 5.85. The van der Waals surface area contributed by atoms with Crippen LogP contribution in [0.5, 0.6) is 11.6 Å². The number of fused-ring (bicyclic) bond motifs is 1. The molecule has 0 spiro atoms. The Kier molecular flexibility index (Phi) is 4.10. The van der Waals surface area contributed by atoms with Gasteiger partial charge in [-0.3, -0.25) is 10.1 Å². The number of benzene rings is 1. The van der Waals surface area contributed by atoms with Crippen LogP contribution in [-0.4, -0.2) is 27.2 Å². The summed E-state index contributed by atoms with van der Waals surface area (Å²) in [5.74, 6) is 1.25. The number of hydrogen-bond donors (Lipinski definition) is 2. The van der Waals surface area contributed by atoms with E-state index in [9.17, 15) is 0 Å². The van der Waals surface area contributed by atoms with E-state index in [0.717, 1.165) is 34.3 Å². The lowest BCUT2D eigenvalue weighted by Crippen LogP contribution is -2.05. The molecule has 3 heterocycles. The normalized spacial score (nSPS) is 10.9. The smallest absolute Gasteiger partial charge is 0.219 e. The van der Waals surface area contributed by atoms with Gasteiger partial charge in [0.15, 0.2) is 0 Å². The van der Waals surface area contributed by atoms with E-state index < -0.39 is 0 Å². The number of aromatic nitrogens is 4. The van der Waals surface area contributed by atoms with E-state index in [4.69, 9.17) is 4.74 Å². The minimum absolute atomic E-state index is 0.536. The zero-order valence-electron chi connectivity index (χ0n) is 13.7. The standard InChI is InChI=1S/C19H17N5O/c1-20-10-13-8-14-2-4-16(9-18(14)21-11-13)25-19-5-3-15(12-22-19)17-6-7-23-24-17/h2-9,11-12,20H,10H2,1H3,(H,23,24). The maximum Gasteiger partial charge on any atom is 0.219 e. The zero-order valence-corrected chi connectivity index (χ0v) is 13.7. The van der Waals surface area contributed by atoms with Crippen molar-refractivity contribution in [2.24, 2.45) is 0 Å². The Morgan fingerprint density at radius 1 is 1.04 bits per heavy atom. The lowest BCUT2D eigenvalue weighted by atomic mass is 10.1. The summed E-state index contributed by atoms with van der Waals surface area (Å²) < 4.78 is 5.85. The fraction of sp³-hybridized carbons (Fsp3) is 0.105. The molecule has 0 amide bonds. The van der Waals surface area contributed by atoms with Crippen LogP contribution in [0.2, 0.25) is 0 Å². The van der Waals surface area contributed by atoms with E-state index >= 15 is 0 Å². The Bertz CT molecular complexity index is 981. The lowest BCUT2D eigenvalue weighted by molar-refractivity contribution is 0.463. The monoisotopic (exact) mass is 331 g/mol. The van der Waals surface area contributed by atoms with Crippen LogP contribution < -0.4 is 10.1 Å².